The van der Waals surface area contributed by atoms with Crippen LogP contribution in [0.5, 0.6) is 0 Å². The van der Waals surface area contributed by atoms with E-state index in [1.165, 1.54) is 0 Å². The number of hydrogen-bond donors (Lipinski definition) is 3. The summed E-state index contributed by atoms with van der Waals surface area (Å²) in [6.45, 7) is 0. The summed E-state index contributed by atoms with van der Waals surface area (Å²) in [4.78, 5) is 15.7. The van der Waals surface area contributed by atoms with Gasteiger partial charge in [0.1, 0.15) is 0 Å². The Hall–Kier alpha value is -1.19. The van der Waals surface area contributed by atoms with Crippen molar-refractivity contribution >= 4 is 32.4 Å². The summed E-state index contributed by atoms with van der Waals surface area (Å²) in [7, 11) is -3.34. The molecule has 0 bridgehead atoms. The number of hydrogen-bond acceptors (Lipinski definition) is 6. The molecule has 0 aromatic carbocycles. The van der Waals surface area contributed by atoms with Crippen LogP contribution in [0.15, 0.2) is 5.38 Å². The highest BCUT2D eigenvalue weighted by Crippen LogP contribution is 2.20. The van der Waals surface area contributed by atoms with Gasteiger partial charge in [0, 0.05) is 11.4 Å². The highest BCUT2D eigenvalue weighted by molar-refractivity contribution is 7.92. The van der Waals surface area contributed by atoms with Gasteiger partial charge in [0.2, 0.25) is 15.9 Å². The van der Waals surface area contributed by atoms with Gasteiger partial charge in [0.05, 0.1) is 24.5 Å². The Morgan fingerprint density at radius 3 is 2.84 bits per heavy atom. The van der Waals surface area contributed by atoms with E-state index >= 15 is 0 Å². The number of thiazole rings is 1. The molecule has 2 rings (SSSR count). The molecule has 0 unspecified atom stereocenters. The number of nitrogens with one attached hydrogen (secondary N) is 2. The van der Waals surface area contributed by atoms with Gasteiger partial charge in [-0.3, -0.25) is 9.52 Å². The van der Waals surface area contributed by atoms with Gasteiger partial charge in [-0.25, -0.2) is 13.4 Å². The number of carbonyl (C=O) groups excluding carboxylic acids is 1. The van der Waals surface area contributed by atoms with Crippen molar-refractivity contribution in [1.82, 2.24) is 10.3 Å². The van der Waals surface area contributed by atoms with Gasteiger partial charge in [-0.05, 0) is 12.8 Å². The topological polar surface area (TPSA) is 108 Å². The number of aliphatic hydroxyl groups is 1. The number of sulfonamides is 1. The third-order valence-corrected chi connectivity index (χ3v) is 4.14. The molecule has 3 N–H and O–H groups in total. The summed E-state index contributed by atoms with van der Waals surface area (Å²) in [6.07, 6.45) is 2.01. The van der Waals surface area contributed by atoms with Crippen LogP contribution in [0.25, 0.3) is 0 Å². The summed E-state index contributed by atoms with van der Waals surface area (Å²) in [5, 5.41) is 13.8. The molecule has 1 aliphatic rings. The maximum Gasteiger partial charge on any atom is 0.231 e. The molecular weight excluding hydrogens is 290 g/mol. The first-order valence-corrected chi connectivity index (χ1v) is 8.48. The average Bonchev–Trinajstić information content (AvgIpc) is 2.60. The lowest BCUT2D eigenvalue weighted by Crippen LogP contribution is -2.47. The van der Waals surface area contributed by atoms with Gasteiger partial charge in [0.15, 0.2) is 5.13 Å². The van der Waals surface area contributed by atoms with Crippen LogP contribution in [0.3, 0.4) is 0 Å². The number of rotatable bonds is 5. The van der Waals surface area contributed by atoms with E-state index in [2.05, 4.69) is 15.0 Å². The van der Waals surface area contributed by atoms with Crippen LogP contribution >= 0.6 is 11.3 Å². The van der Waals surface area contributed by atoms with Crippen LogP contribution in [0, 0.1) is 0 Å². The zero-order chi connectivity index (χ0) is 14.0. The Morgan fingerprint density at radius 2 is 2.26 bits per heavy atom. The maximum atomic E-state index is 11.7. The first kappa shape index (κ1) is 14.2. The van der Waals surface area contributed by atoms with Crippen LogP contribution in [0.1, 0.15) is 18.5 Å². The van der Waals surface area contributed by atoms with Gasteiger partial charge >= 0.3 is 0 Å². The lowest BCUT2D eigenvalue weighted by Gasteiger charge is -2.31. The van der Waals surface area contributed by atoms with Gasteiger partial charge in [-0.2, -0.15) is 0 Å². The molecule has 9 heteroatoms. The zero-order valence-corrected chi connectivity index (χ0v) is 11.9. The minimum Gasteiger partial charge on any atom is -0.393 e. The average molecular weight is 305 g/mol. The Kier molecular flexibility index (Phi) is 4.07. The number of aromatic nitrogens is 1. The molecule has 0 radical (unpaired) electrons. The first-order chi connectivity index (χ1) is 8.82. The standard InChI is InChI=1S/C10H15N3O4S2/c1-19(16,17)13-10-12-7(5-18-10)4-9(15)11-6-2-8(14)3-6/h5-6,8,14H,2-4H2,1H3,(H,11,15)(H,12,13). The summed E-state index contributed by atoms with van der Waals surface area (Å²) < 4.78 is 24.3. The van der Waals surface area contributed by atoms with Crippen LogP contribution in [0.4, 0.5) is 5.13 Å². The van der Waals surface area contributed by atoms with E-state index in [-0.39, 0.29) is 29.6 Å². The SMILES string of the molecule is CS(=O)(=O)Nc1nc(CC(=O)NC2CC(O)C2)cs1. The predicted molar refractivity (Wildman–Crippen MR) is 71.5 cm³/mol. The smallest absolute Gasteiger partial charge is 0.231 e. The lowest BCUT2D eigenvalue weighted by molar-refractivity contribution is -0.122. The highest BCUT2D eigenvalue weighted by Gasteiger charge is 2.28. The van der Waals surface area contributed by atoms with Crippen LogP contribution in [-0.2, 0) is 21.2 Å². The number of carbonyl (C=O) groups is 1. The van der Waals surface area contributed by atoms with E-state index in [0.717, 1.165) is 17.6 Å². The van der Waals surface area contributed by atoms with Crippen molar-refractivity contribution in [3.8, 4) is 0 Å². The quantitative estimate of drug-likeness (QED) is 0.692. The minimum atomic E-state index is -3.34. The highest BCUT2D eigenvalue weighted by atomic mass is 32.2. The molecule has 0 atom stereocenters. The largest absolute Gasteiger partial charge is 0.393 e. The second kappa shape index (κ2) is 5.43. The summed E-state index contributed by atoms with van der Waals surface area (Å²) in [5.41, 5.74) is 0.522. The van der Waals surface area contributed by atoms with E-state index in [1.807, 2.05) is 0 Å². The van der Waals surface area contributed by atoms with Crippen LogP contribution in [-0.4, -0.2) is 42.8 Å². The molecule has 1 aliphatic carbocycles. The molecule has 1 fully saturated rings. The number of amides is 1. The Bertz CT molecular complexity index is 563. The van der Waals surface area contributed by atoms with Crippen molar-refractivity contribution in [3.05, 3.63) is 11.1 Å². The molecule has 106 valence electrons. The van der Waals surface area contributed by atoms with Gasteiger partial charge in [-0.15, -0.1) is 11.3 Å². The number of anilines is 1. The predicted octanol–water partition coefficient (Wildman–Crippen LogP) is -0.303. The summed E-state index contributed by atoms with van der Waals surface area (Å²) in [6, 6.07) is 0.0368. The Labute approximate surface area is 115 Å². The fraction of sp³-hybridized carbons (Fsp3) is 0.600. The second-order valence-electron chi connectivity index (χ2n) is 4.58. The third kappa shape index (κ3) is 4.44. The second-order valence-corrected chi connectivity index (χ2v) is 7.19. The molecule has 0 aliphatic heterocycles. The normalized spacial score (nSPS) is 22.6. The van der Waals surface area contributed by atoms with Crippen molar-refractivity contribution in [3.63, 3.8) is 0 Å². The van der Waals surface area contributed by atoms with Crippen molar-refractivity contribution < 1.29 is 18.3 Å². The van der Waals surface area contributed by atoms with Gasteiger partial charge < -0.3 is 10.4 Å². The fourth-order valence-corrected chi connectivity index (χ4v) is 3.31. The molecule has 19 heavy (non-hydrogen) atoms. The van der Waals surface area contributed by atoms with E-state index in [1.54, 1.807) is 5.38 Å². The molecule has 1 heterocycles. The van der Waals surface area contributed by atoms with Crippen LogP contribution in [0.2, 0.25) is 0 Å². The third-order valence-electron chi connectivity index (χ3n) is 2.64. The molecule has 1 aromatic heterocycles. The zero-order valence-electron chi connectivity index (χ0n) is 10.3. The summed E-state index contributed by atoms with van der Waals surface area (Å²) in [5.74, 6) is -0.173. The van der Waals surface area contributed by atoms with Crippen molar-refractivity contribution in [1.29, 1.82) is 0 Å². The van der Waals surface area contributed by atoms with Crippen molar-refractivity contribution in [2.45, 2.75) is 31.4 Å². The molecule has 1 aromatic rings. The van der Waals surface area contributed by atoms with Crippen LogP contribution < -0.4 is 10.0 Å². The number of nitrogens with zero attached hydrogens (tertiary/aromatic N) is 1. The van der Waals surface area contributed by atoms with Gasteiger partial charge in [-0.1, -0.05) is 0 Å². The fourth-order valence-electron chi connectivity index (χ4n) is 1.74. The molecular formula is C10H15N3O4S2. The molecule has 1 saturated carbocycles. The monoisotopic (exact) mass is 305 g/mol. The maximum absolute atomic E-state index is 11.7. The molecule has 0 saturated heterocycles. The van der Waals surface area contributed by atoms with Gasteiger partial charge in [0.25, 0.3) is 0 Å². The molecule has 7 nitrogen and oxygen atoms in total. The molecule has 0 spiro atoms. The Balaban J connectivity index is 1.84. The van der Waals surface area contributed by atoms with E-state index in [4.69, 9.17) is 5.11 Å². The van der Waals surface area contributed by atoms with E-state index in [9.17, 15) is 13.2 Å². The first-order valence-electron chi connectivity index (χ1n) is 5.71. The van der Waals surface area contributed by atoms with E-state index < -0.39 is 10.0 Å². The van der Waals surface area contributed by atoms with Crippen molar-refractivity contribution in [2.75, 3.05) is 11.0 Å². The molecule has 1 amide bonds. The minimum absolute atomic E-state index is 0.0368. The van der Waals surface area contributed by atoms with Crippen molar-refractivity contribution in [2.24, 2.45) is 0 Å². The lowest BCUT2D eigenvalue weighted by atomic mass is 9.89. The Morgan fingerprint density at radius 1 is 1.58 bits per heavy atom. The summed E-state index contributed by atoms with van der Waals surface area (Å²) >= 11 is 1.14. The van der Waals surface area contributed by atoms with E-state index in [0.29, 0.717) is 18.5 Å². The number of aliphatic hydroxyl groups excluding tert-OH is 1.